The normalized spacial score (nSPS) is 12.8. The monoisotopic (exact) mass is 434 g/mol. The van der Waals surface area contributed by atoms with Crippen molar-refractivity contribution < 1.29 is 23.5 Å². The highest BCUT2D eigenvalue weighted by Crippen LogP contribution is 2.17. The molecule has 31 heavy (non-hydrogen) atoms. The van der Waals surface area contributed by atoms with Gasteiger partial charge in [-0.2, -0.15) is 0 Å². The van der Waals surface area contributed by atoms with Crippen LogP contribution in [-0.4, -0.2) is 32.9 Å². The topological polar surface area (TPSA) is 104 Å². The van der Waals surface area contributed by atoms with Crippen molar-refractivity contribution in [3.63, 3.8) is 0 Å². The van der Waals surface area contributed by atoms with Crippen molar-refractivity contribution in [2.75, 3.05) is 5.32 Å². The molecule has 1 aromatic carbocycles. The Bertz CT molecular complexity index is 857. The standard InChI is InChI=1S/C22H28F2N4O3/c1-3-5-7-19(29)18-12-26-20(13-25-18)28-22(31)17(6-4-2)27-21(30)10-14-8-15(23)11-16(24)9-14/h8-9,11-13,17,19,29H,3-7,10H2,1-2H3,(H,27,30)(H,26,28,31). The van der Waals surface area contributed by atoms with Crippen molar-refractivity contribution in [3.8, 4) is 0 Å². The molecular weight excluding hydrogens is 406 g/mol. The molecule has 1 aromatic heterocycles. The Hall–Kier alpha value is -2.94. The number of nitrogens with zero attached hydrogens (tertiary/aromatic N) is 2. The molecule has 3 N–H and O–H groups in total. The van der Waals surface area contributed by atoms with Crippen molar-refractivity contribution >= 4 is 17.6 Å². The van der Waals surface area contributed by atoms with Crippen molar-refractivity contribution in [1.82, 2.24) is 15.3 Å². The minimum atomic E-state index is -0.840. The van der Waals surface area contributed by atoms with E-state index in [9.17, 15) is 23.5 Å². The van der Waals surface area contributed by atoms with Crippen molar-refractivity contribution in [1.29, 1.82) is 0 Å². The van der Waals surface area contributed by atoms with E-state index < -0.39 is 35.6 Å². The first-order valence-corrected chi connectivity index (χ1v) is 10.4. The second-order valence-corrected chi connectivity index (χ2v) is 7.34. The van der Waals surface area contributed by atoms with Crippen molar-refractivity contribution in [2.45, 2.75) is 64.5 Å². The maximum Gasteiger partial charge on any atom is 0.248 e. The lowest BCUT2D eigenvalue weighted by molar-refractivity contribution is -0.126. The molecule has 0 fully saturated rings. The number of benzene rings is 1. The molecule has 2 aromatic rings. The van der Waals surface area contributed by atoms with E-state index in [0.29, 0.717) is 25.0 Å². The van der Waals surface area contributed by atoms with Gasteiger partial charge < -0.3 is 15.7 Å². The van der Waals surface area contributed by atoms with Gasteiger partial charge in [-0.3, -0.25) is 14.6 Å². The first-order valence-electron chi connectivity index (χ1n) is 10.4. The van der Waals surface area contributed by atoms with Crippen LogP contribution in [0.2, 0.25) is 0 Å². The Morgan fingerprint density at radius 2 is 1.74 bits per heavy atom. The third-order valence-corrected chi connectivity index (χ3v) is 4.61. The zero-order valence-corrected chi connectivity index (χ0v) is 17.7. The molecule has 9 heteroatoms. The maximum absolute atomic E-state index is 13.3. The molecule has 2 rings (SSSR count). The van der Waals surface area contributed by atoms with Gasteiger partial charge in [-0.15, -0.1) is 0 Å². The van der Waals surface area contributed by atoms with Crippen LogP contribution in [0.15, 0.2) is 30.6 Å². The average molecular weight is 434 g/mol. The highest BCUT2D eigenvalue weighted by molar-refractivity contribution is 5.96. The van der Waals surface area contributed by atoms with Gasteiger partial charge in [0.15, 0.2) is 5.82 Å². The number of aromatic nitrogens is 2. The van der Waals surface area contributed by atoms with Crippen LogP contribution in [0.4, 0.5) is 14.6 Å². The summed E-state index contributed by atoms with van der Waals surface area (Å²) in [6.07, 6.45) is 5.18. The number of carbonyl (C=O) groups is 2. The van der Waals surface area contributed by atoms with Crippen LogP contribution in [-0.2, 0) is 16.0 Å². The highest BCUT2D eigenvalue weighted by Gasteiger charge is 2.21. The first kappa shape index (κ1) is 24.3. The van der Waals surface area contributed by atoms with Crippen LogP contribution < -0.4 is 10.6 Å². The van der Waals surface area contributed by atoms with Crippen LogP contribution in [0, 0.1) is 11.6 Å². The largest absolute Gasteiger partial charge is 0.387 e. The third-order valence-electron chi connectivity index (χ3n) is 4.61. The minimum Gasteiger partial charge on any atom is -0.387 e. The molecule has 0 aliphatic carbocycles. The highest BCUT2D eigenvalue weighted by atomic mass is 19.1. The van der Waals surface area contributed by atoms with Gasteiger partial charge in [0.1, 0.15) is 17.7 Å². The minimum absolute atomic E-state index is 0.175. The Kier molecular flexibility index (Phi) is 9.45. The lowest BCUT2D eigenvalue weighted by atomic mass is 10.1. The average Bonchev–Trinajstić information content (AvgIpc) is 2.71. The predicted molar refractivity (Wildman–Crippen MR) is 112 cm³/mol. The number of aliphatic hydroxyl groups is 1. The Labute approximate surface area is 180 Å². The maximum atomic E-state index is 13.3. The third kappa shape index (κ3) is 8.01. The zero-order chi connectivity index (χ0) is 22.8. The second-order valence-electron chi connectivity index (χ2n) is 7.34. The van der Waals surface area contributed by atoms with Gasteiger partial charge in [0, 0.05) is 6.07 Å². The number of hydrogen-bond acceptors (Lipinski definition) is 5. The van der Waals surface area contributed by atoms with E-state index in [4.69, 9.17) is 0 Å². The van der Waals surface area contributed by atoms with Gasteiger partial charge in [-0.05, 0) is 30.5 Å². The number of amides is 2. The molecule has 0 saturated carbocycles. The van der Waals surface area contributed by atoms with Crippen LogP contribution in [0.5, 0.6) is 0 Å². The summed E-state index contributed by atoms with van der Waals surface area (Å²) >= 11 is 0. The number of nitrogens with one attached hydrogen (secondary N) is 2. The van der Waals surface area contributed by atoms with E-state index in [2.05, 4.69) is 20.6 Å². The summed E-state index contributed by atoms with van der Waals surface area (Å²) in [4.78, 5) is 33.1. The molecule has 7 nitrogen and oxygen atoms in total. The Balaban J connectivity index is 1.97. The van der Waals surface area contributed by atoms with Crippen LogP contribution in [0.25, 0.3) is 0 Å². The summed E-state index contributed by atoms with van der Waals surface area (Å²) in [6.45, 7) is 3.89. The summed E-state index contributed by atoms with van der Waals surface area (Å²) in [5.74, 6) is -2.35. The summed E-state index contributed by atoms with van der Waals surface area (Å²) in [5, 5.41) is 15.2. The van der Waals surface area contributed by atoms with Crippen LogP contribution in [0.3, 0.4) is 0 Å². The Morgan fingerprint density at radius 3 is 2.32 bits per heavy atom. The smallest absolute Gasteiger partial charge is 0.248 e. The van der Waals surface area contributed by atoms with Crippen molar-refractivity contribution in [2.24, 2.45) is 0 Å². The van der Waals surface area contributed by atoms with Crippen LogP contribution in [0.1, 0.15) is 63.3 Å². The van der Waals surface area contributed by atoms with Gasteiger partial charge in [-0.25, -0.2) is 13.8 Å². The molecule has 2 atom stereocenters. The summed E-state index contributed by atoms with van der Waals surface area (Å²) in [7, 11) is 0. The number of hydrogen-bond donors (Lipinski definition) is 3. The fraction of sp³-hybridized carbons (Fsp3) is 0.455. The quantitative estimate of drug-likeness (QED) is 0.503. The Morgan fingerprint density at radius 1 is 1.03 bits per heavy atom. The SMILES string of the molecule is CCCCC(O)c1cnc(NC(=O)C(CCC)NC(=O)Cc2cc(F)cc(F)c2)cn1. The molecule has 2 amide bonds. The molecule has 0 aliphatic rings. The van der Waals surface area contributed by atoms with E-state index in [0.717, 1.165) is 31.0 Å². The molecule has 0 aliphatic heterocycles. The van der Waals surface area contributed by atoms with Crippen LogP contribution >= 0.6 is 0 Å². The van der Waals surface area contributed by atoms with Gasteiger partial charge in [-0.1, -0.05) is 33.1 Å². The number of rotatable bonds is 11. The summed E-state index contributed by atoms with van der Waals surface area (Å²) in [6, 6.07) is 2.03. The van der Waals surface area contributed by atoms with Gasteiger partial charge in [0.05, 0.1) is 30.6 Å². The molecular formula is C22H28F2N4O3. The van der Waals surface area contributed by atoms with E-state index in [-0.39, 0.29) is 17.8 Å². The number of aliphatic hydroxyl groups excluding tert-OH is 1. The fourth-order valence-corrected chi connectivity index (χ4v) is 3.03. The second kappa shape index (κ2) is 12.0. The van der Waals surface area contributed by atoms with Gasteiger partial charge in [0.2, 0.25) is 11.8 Å². The fourth-order valence-electron chi connectivity index (χ4n) is 3.03. The lowest BCUT2D eigenvalue weighted by Crippen LogP contribution is -2.44. The van der Waals surface area contributed by atoms with Gasteiger partial charge in [0.25, 0.3) is 0 Å². The number of anilines is 1. The molecule has 2 unspecified atom stereocenters. The molecule has 168 valence electrons. The molecule has 0 bridgehead atoms. The number of halogens is 2. The molecule has 0 spiro atoms. The lowest BCUT2D eigenvalue weighted by Gasteiger charge is -2.18. The first-order chi connectivity index (χ1) is 14.8. The number of unbranched alkanes of at least 4 members (excludes halogenated alkanes) is 1. The van der Waals surface area contributed by atoms with E-state index in [1.807, 2.05) is 13.8 Å². The zero-order valence-electron chi connectivity index (χ0n) is 17.7. The summed E-state index contributed by atoms with van der Waals surface area (Å²) < 4.78 is 26.6. The molecule has 0 saturated heterocycles. The predicted octanol–water partition coefficient (Wildman–Crippen LogP) is 3.44. The molecule has 0 radical (unpaired) electrons. The van der Waals surface area contributed by atoms with E-state index in [1.54, 1.807) is 0 Å². The summed E-state index contributed by atoms with van der Waals surface area (Å²) in [5.41, 5.74) is 0.598. The van der Waals surface area contributed by atoms with Gasteiger partial charge >= 0.3 is 0 Å². The van der Waals surface area contributed by atoms with E-state index in [1.165, 1.54) is 12.4 Å². The molecule has 1 heterocycles. The number of carbonyl (C=O) groups excluding carboxylic acids is 2. The van der Waals surface area contributed by atoms with Crippen molar-refractivity contribution in [3.05, 3.63) is 53.5 Å². The van der Waals surface area contributed by atoms with E-state index >= 15 is 0 Å².